The van der Waals surface area contributed by atoms with Gasteiger partial charge in [0.25, 0.3) is 0 Å². The van der Waals surface area contributed by atoms with Crippen molar-refractivity contribution in [1.82, 2.24) is 0 Å². The van der Waals surface area contributed by atoms with Gasteiger partial charge in [-0.25, -0.2) is 0 Å². The summed E-state index contributed by atoms with van der Waals surface area (Å²) in [5.74, 6) is 0. The fraction of sp³-hybridized carbons (Fsp3) is 0.188. The fourth-order valence-corrected chi connectivity index (χ4v) is 2.25. The zero-order valence-corrected chi connectivity index (χ0v) is 11.8. The summed E-state index contributed by atoms with van der Waals surface area (Å²) in [7, 11) is 0. The van der Waals surface area contributed by atoms with Crippen LogP contribution in [0.2, 0.25) is 0 Å². The molecule has 0 atom stereocenters. The van der Waals surface area contributed by atoms with E-state index in [1.165, 1.54) is 11.1 Å². The van der Waals surface area contributed by atoms with Crippen molar-refractivity contribution >= 4 is 22.9 Å². The molecule has 2 aromatic rings. The number of aryl methyl sites for hydroxylation is 1. The molecule has 2 rings (SSSR count). The number of hydrogen-bond donors (Lipinski definition) is 2. The van der Waals surface area contributed by atoms with Gasteiger partial charge in [0.2, 0.25) is 0 Å². The first-order valence-corrected chi connectivity index (χ1v) is 6.76. The van der Waals surface area contributed by atoms with E-state index in [9.17, 15) is 0 Å². The van der Waals surface area contributed by atoms with Gasteiger partial charge in [-0.2, -0.15) is 0 Å². The average molecular weight is 270 g/mol. The van der Waals surface area contributed by atoms with E-state index in [0.29, 0.717) is 4.99 Å². The van der Waals surface area contributed by atoms with Crippen molar-refractivity contribution in [3.05, 3.63) is 65.2 Å². The Morgan fingerprint density at radius 2 is 1.79 bits per heavy atom. The third kappa shape index (κ3) is 3.55. The lowest BCUT2D eigenvalue weighted by atomic mass is 10.1. The number of rotatable bonds is 5. The molecule has 0 spiro atoms. The summed E-state index contributed by atoms with van der Waals surface area (Å²) in [4.78, 5) is 0.430. The second kappa shape index (κ2) is 6.34. The summed E-state index contributed by atoms with van der Waals surface area (Å²) < 4.78 is 0. The molecule has 19 heavy (non-hydrogen) atoms. The van der Waals surface area contributed by atoms with Crippen LogP contribution in [0.25, 0.3) is 0 Å². The summed E-state index contributed by atoms with van der Waals surface area (Å²) in [6.45, 7) is 3.00. The van der Waals surface area contributed by atoms with Gasteiger partial charge in [0.1, 0.15) is 4.99 Å². The Labute approximate surface area is 119 Å². The molecule has 0 unspecified atom stereocenters. The van der Waals surface area contributed by atoms with Gasteiger partial charge in [0.05, 0.1) is 0 Å². The van der Waals surface area contributed by atoms with Crippen molar-refractivity contribution in [3.63, 3.8) is 0 Å². The molecule has 0 aliphatic rings. The van der Waals surface area contributed by atoms with Crippen molar-refractivity contribution in [2.75, 3.05) is 11.9 Å². The topological polar surface area (TPSA) is 38.0 Å². The monoisotopic (exact) mass is 270 g/mol. The number of benzene rings is 2. The number of anilines is 1. The lowest BCUT2D eigenvalue weighted by Gasteiger charge is -2.11. The quantitative estimate of drug-likeness (QED) is 0.819. The van der Waals surface area contributed by atoms with Gasteiger partial charge in [-0.3, -0.25) is 0 Å². The van der Waals surface area contributed by atoms with Crippen molar-refractivity contribution in [2.45, 2.75) is 13.3 Å². The number of nitrogens with two attached hydrogens (primary N) is 1. The molecule has 3 N–H and O–H groups in total. The lowest BCUT2D eigenvalue weighted by molar-refractivity contribution is 1.00. The smallest absolute Gasteiger partial charge is 0.106 e. The molecule has 2 aromatic carbocycles. The van der Waals surface area contributed by atoms with E-state index >= 15 is 0 Å². The second-order valence-corrected chi connectivity index (χ2v) is 4.95. The normalized spacial score (nSPS) is 10.2. The largest absolute Gasteiger partial charge is 0.389 e. The average Bonchev–Trinajstić information content (AvgIpc) is 2.41. The maximum absolute atomic E-state index is 5.71. The molecule has 0 heterocycles. The van der Waals surface area contributed by atoms with E-state index in [2.05, 4.69) is 36.5 Å². The van der Waals surface area contributed by atoms with Crippen LogP contribution in [0.15, 0.2) is 48.5 Å². The Morgan fingerprint density at radius 3 is 2.53 bits per heavy atom. The number of thiocarbonyl (C=S) groups is 1. The summed E-state index contributed by atoms with van der Waals surface area (Å²) in [5.41, 5.74) is 10.3. The van der Waals surface area contributed by atoms with E-state index in [1.54, 1.807) is 0 Å². The van der Waals surface area contributed by atoms with Crippen LogP contribution in [-0.2, 0) is 6.42 Å². The Kier molecular flexibility index (Phi) is 4.53. The van der Waals surface area contributed by atoms with E-state index in [4.69, 9.17) is 18.0 Å². The third-order valence-electron chi connectivity index (χ3n) is 3.16. The van der Waals surface area contributed by atoms with Crippen LogP contribution in [-0.4, -0.2) is 11.5 Å². The molecule has 0 aliphatic carbocycles. The summed E-state index contributed by atoms with van der Waals surface area (Å²) in [5, 5.41) is 3.40. The molecular weight excluding hydrogens is 252 g/mol. The Bertz CT molecular complexity index is 578. The van der Waals surface area contributed by atoms with Gasteiger partial charge in [-0.05, 0) is 36.6 Å². The van der Waals surface area contributed by atoms with Gasteiger partial charge in [0, 0.05) is 17.8 Å². The first-order chi connectivity index (χ1) is 9.18. The highest BCUT2D eigenvalue weighted by atomic mass is 32.1. The van der Waals surface area contributed by atoms with Gasteiger partial charge < -0.3 is 11.1 Å². The van der Waals surface area contributed by atoms with Crippen molar-refractivity contribution in [3.8, 4) is 0 Å². The van der Waals surface area contributed by atoms with Crippen LogP contribution in [0.4, 0.5) is 5.69 Å². The van der Waals surface area contributed by atoms with Crippen molar-refractivity contribution in [2.24, 2.45) is 5.73 Å². The Morgan fingerprint density at radius 1 is 1.11 bits per heavy atom. The van der Waals surface area contributed by atoms with E-state index in [0.717, 1.165) is 24.2 Å². The molecule has 0 radical (unpaired) electrons. The summed E-state index contributed by atoms with van der Waals surface area (Å²) >= 11 is 5.05. The van der Waals surface area contributed by atoms with Crippen molar-refractivity contribution < 1.29 is 0 Å². The molecule has 3 heteroatoms. The van der Waals surface area contributed by atoms with Crippen LogP contribution >= 0.6 is 12.2 Å². The maximum Gasteiger partial charge on any atom is 0.106 e. The molecule has 0 fully saturated rings. The molecule has 0 bridgehead atoms. The predicted molar refractivity (Wildman–Crippen MR) is 85.7 cm³/mol. The highest BCUT2D eigenvalue weighted by molar-refractivity contribution is 7.80. The lowest BCUT2D eigenvalue weighted by Crippen LogP contribution is -2.14. The van der Waals surface area contributed by atoms with Crippen LogP contribution in [0.5, 0.6) is 0 Å². The summed E-state index contributed by atoms with van der Waals surface area (Å²) in [6, 6.07) is 16.3. The predicted octanol–water partition coefficient (Wildman–Crippen LogP) is 3.28. The second-order valence-electron chi connectivity index (χ2n) is 4.51. The standard InChI is InChI=1S/C16H18N2S/c1-12-6-2-3-7-13(12)10-11-18-15-9-5-4-8-14(15)16(17)19/h2-9,18H,10-11H2,1H3,(H2,17,19). The van der Waals surface area contributed by atoms with E-state index < -0.39 is 0 Å². The molecule has 98 valence electrons. The number of para-hydroxylation sites is 1. The zero-order chi connectivity index (χ0) is 13.7. The van der Waals surface area contributed by atoms with E-state index in [1.807, 2.05) is 24.3 Å². The SMILES string of the molecule is Cc1ccccc1CCNc1ccccc1C(N)=S. The first-order valence-electron chi connectivity index (χ1n) is 6.35. The zero-order valence-electron chi connectivity index (χ0n) is 11.0. The molecule has 2 nitrogen and oxygen atoms in total. The van der Waals surface area contributed by atoms with Crippen LogP contribution < -0.4 is 11.1 Å². The van der Waals surface area contributed by atoms with E-state index in [-0.39, 0.29) is 0 Å². The van der Waals surface area contributed by atoms with Crippen LogP contribution in [0, 0.1) is 6.92 Å². The fourth-order valence-electron chi connectivity index (χ4n) is 2.07. The highest BCUT2D eigenvalue weighted by Gasteiger charge is 2.03. The molecular formula is C16H18N2S. The first kappa shape index (κ1) is 13.6. The maximum atomic E-state index is 5.71. The minimum Gasteiger partial charge on any atom is -0.389 e. The van der Waals surface area contributed by atoms with Gasteiger partial charge in [-0.1, -0.05) is 48.6 Å². The van der Waals surface area contributed by atoms with Gasteiger partial charge in [0.15, 0.2) is 0 Å². The highest BCUT2D eigenvalue weighted by Crippen LogP contribution is 2.15. The molecule has 0 aromatic heterocycles. The summed E-state index contributed by atoms with van der Waals surface area (Å²) in [6.07, 6.45) is 0.984. The molecule has 0 aliphatic heterocycles. The van der Waals surface area contributed by atoms with Crippen molar-refractivity contribution in [1.29, 1.82) is 0 Å². The number of hydrogen-bond acceptors (Lipinski definition) is 2. The molecule has 0 saturated heterocycles. The van der Waals surface area contributed by atoms with Crippen LogP contribution in [0.3, 0.4) is 0 Å². The molecule has 0 saturated carbocycles. The van der Waals surface area contributed by atoms with Gasteiger partial charge in [-0.15, -0.1) is 0 Å². The van der Waals surface area contributed by atoms with Gasteiger partial charge >= 0.3 is 0 Å². The number of nitrogens with one attached hydrogen (secondary N) is 1. The third-order valence-corrected chi connectivity index (χ3v) is 3.38. The minimum atomic E-state index is 0.430. The Hall–Kier alpha value is -1.87. The van der Waals surface area contributed by atoms with Crippen LogP contribution in [0.1, 0.15) is 16.7 Å². The molecule has 0 amide bonds. The Balaban J connectivity index is 2.00. The minimum absolute atomic E-state index is 0.430.